The topological polar surface area (TPSA) is 46.5 Å². The van der Waals surface area contributed by atoms with Crippen LogP contribution in [0.15, 0.2) is 30.3 Å². The zero-order valence-corrected chi connectivity index (χ0v) is 10.9. The van der Waals surface area contributed by atoms with Gasteiger partial charge in [0.1, 0.15) is 5.75 Å². The van der Waals surface area contributed by atoms with Crippen LogP contribution in [0.5, 0.6) is 5.75 Å². The van der Waals surface area contributed by atoms with Crippen molar-refractivity contribution >= 4 is 58.7 Å². The van der Waals surface area contributed by atoms with E-state index >= 15 is 0 Å². The molecule has 1 N–H and O–H groups in total. The Balaban J connectivity index is 0.00000169. The minimum atomic E-state index is -2.23. The second-order valence-electron chi connectivity index (χ2n) is 2.24. The van der Waals surface area contributed by atoms with Gasteiger partial charge in [-0.2, -0.15) is 0 Å². The van der Waals surface area contributed by atoms with Crippen molar-refractivity contribution in [2.24, 2.45) is 0 Å². The number of carboxylic acids is 1. The van der Waals surface area contributed by atoms with E-state index in [0.29, 0.717) is 5.75 Å². The number of para-hydroxylation sites is 1. The summed E-state index contributed by atoms with van der Waals surface area (Å²) in [5, 5.41) is 8.51. The van der Waals surface area contributed by atoms with Crippen molar-refractivity contribution in [2.75, 3.05) is 0 Å². The van der Waals surface area contributed by atoms with Gasteiger partial charge in [0, 0.05) is 29.6 Å². The summed E-state index contributed by atoms with van der Waals surface area (Å²) >= 11 is 10.7. The van der Waals surface area contributed by atoms with Crippen LogP contribution in [0.25, 0.3) is 0 Å². The molecule has 3 nitrogen and oxygen atoms in total. The maximum absolute atomic E-state index is 10.4. The van der Waals surface area contributed by atoms with Crippen LogP contribution in [0.4, 0.5) is 0 Å². The summed E-state index contributed by atoms with van der Waals surface area (Å²) in [5.41, 5.74) is 0. The van der Waals surface area contributed by atoms with Crippen molar-refractivity contribution in [1.29, 1.82) is 0 Å². The number of carboxylic acid groups (broad SMARTS) is 1. The van der Waals surface area contributed by atoms with E-state index < -0.39 is 10.5 Å². The van der Waals surface area contributed by atoms with Gasteiger partial charge in [0.2, 0.25) is 0 Å². The van der Waals surface area contributed by atoms with Crippen molar-refractivity contribution in [2.45, 2.75) is 4.52 Å². The maximum atomic E-state index is 10.4. The van der Waals surface area contributed by atoms with Crippen LogP contribution < -0.4 is 4.74 Å². The van der Waals surface area contributed by atoms with E-state index in [1.54, 1.807) is 30.3 Å². The number of hydrogen-bond donors (Lipinski definition) is 1. The van der Waals surface area contributed by atoms with Gasteiger partial charge in [-0.1, -0.05) is 18.2 Å². The summed E-state index contributed by atoms with van der Waals surface area (Å²) in [4.78, 5) is 10.4. The van der Waals surface area contributed by atoms with Crippen LogP contribution in [-0.2, 0) is 4.79 Å². The molecular formula is C8H6Cl2NaO3. The predicted octanol–water partition coefficient (Wildman–Crippen LogP) is 1.90. The number of hydrogen-bond acceptors (Lipinski definition) is 2. The molecular weight excluding hydrogens is 238 g/mol. The largest absolute Gasteiger partial charge is 0.476 e. The molecule has 0 atom stereocenters. The van der Waals surface area contributed by atoms with Crippen LogP contribution in [0.2, 0.25) is 0 Å². The minimum absolute atomic E-state index is 0. The number of aliphatic carboxylic acids is 1. The molecule has 0 amide bonds. The van der Waals surface area contributed by atoms with Gasteiger partial charge in [-0.05, 0) is 35.3 Å². The normalized spacial score (nSPS) is 10.1. The van der Waals surface area contributed by atoms with Crippen LogP contribution in [0, 0.1) is 0 Å². The molecule has 6 heteroatoms. The van der Waals surface area contributed by atoms with Crippen LogP contribution in [0.1, 0.15) is 0 Å². The fraction of sp³-hybridized carbons (Fsp3) is 0.125. The van der Waals surface area contributed by atoms with Gasteiger partial charge in [-0.15, -0.1) is 0 Å². The van der Waals surface area contributed by atoms with Crippen LogP contribution in [-0.4, -0.2) is 45.2 Å². The van der Waals surface area contributed by atoms with Crippen LogP contribution in [0.3, 0.4) is 0 Å². The Morgan fingerprint density at radius 2 is 1.79 bits per heavy atom. The second kappa shape index (κ2) is 5.83. The Morgan fingerprint density at radius 1 is 1.29 bits per heavy atom. The third-order valence-electron chi connectivity index (χ3n) is 1.24. The molecule has 1 radical (unpaired) electrons. The van der Waals surface area contributed by atoms with E-state index in [1.807, 2.05) is 0 Å². The Kier molecular flexibility index (Phi) is 5.86. The van der Waals surface area contributed by atoms with Gasteiger partial charge in [-0.25, -0.2) is 4.79 Å². The molecule has 0 aliphatic heterocycles. The van der Waals surface area contributed by atoms with E-state index in [2.05, 4.69) is 0 Å². The second-order valence-corrected chi connectivity index (χ2v) is 3.50. The van der Waals surface area contributed by atoms with Crippen molar-refractivity contribution < 1.29 is 14.6 Å². The van der Waals surface area contributed by atoms with Gasteiger partial charge in [0.05, 0.1) is 0 Å². The summed E-state index contributed by atoms with van der Waals surface area (Å²) in [6.07, 6.45) is 0. The Labute approximate surface area is 113 Å². The van der Waals surface area contributed by atoms with Gasteiger partial charge < -0.3 is 9.84 Å². The molecule has 0 fully saturated rings. The quantitative estimate of drug-likeness (QED) is 0.652. The number of alkyl halides is 2. The Morgan fingerprint density at radius 3 is 2.21 bits per heavy atom. The molecule has 0 spiro atoms. The van der Waals surface area contributed by atoms with E-state index in [1.165, 1.54) is 0 Å². The first-order valence-corrected chi connectivity index (χ1v) is 4.13. The Hall–Kier alpha value is 0.0700. The fourth-order valence-electron chi connectivity index (χ4n) is 0.680. The monoisotopic (exact) mass is 243 g/mol. The molecule has 1 aromatic rings. The van der Waals surface area contributed by atoms with E-state index in [0.717, 1.165) is 0 Å². The molecule has 1 aromatic carbocycles. The Bertz CT molecular complexity index is 303. The fourth-order valence-corrected chi connectivity index (χ4v) is 0.858. The summed E-state index contributed by atoms with van der Waals surface area (Å²) in [5.74, 6) is -1.14. The smallest absolute Gasteiger partial charge is 0.381 e. The van der Waals surface area contributed by atoms with Gasteiger partial charge in [0.15, 0.2) is 0 Å². The molecule has 0 saturated heterocycles. The molecule has 0 heterocycles. The zero-order chi connectivity index (χ0) is 9.90. The predicted molar refractivity (Wildman–Crippen MR) is 54.9 cm³/mol. The van der Waals surface area contributed by atoms with Crippen molar-refractivity contribution in [1.82, 2.24) is 0 Å². The van der Waals surface area contributed by atoms with Crippen molar-refractivity contribution in [3.05, 3.63) is 30.3 Å². The molecule has 14 heavy (non-hydrogen) atoms. The molecule has 0 aliphatic rings. The van der Waals surface area contributed by atoms with Crippen molar-refractivity contribution in [3.63, 3.8) is 0 Å². The molecule has 0 unspecified atom stereocenters. The standard InChI is InChI=1S/C8H6Cl2O3.Na/c9-8(10,7(11)12)13-6-4-2-1-3-5-6;/h1-5H,(H,11,12);. The number of ether oxygens (including phenoxy) is 1. The average Bonchev–Trinajstić information content (AvgIpc) is 2.05. The van der Waals surface area contributed by atoms with E-state index in [4.69, 9.17) is 33.0 Å². The first-order valence-electron chi connectivity index (χ1n) is 3.37. The van der Waals surface area contributed by atoms with Gasteiger partial charge in [-0.3, -0.25) is 0 Å². The van der Waals surface area contributed by atoms with Crippen LogP contribution >= 0.6 is 23.2 Å². The van der Waals surface area contributed by atoms with E-state index in [-0.39, 0.29) is 29.6 Å². The van der Waals surface area contributed by atoms with Gasteiger partial charge >= 0.3 is 10.5 Å². The van der Waals surface area contributed by atoms with Gasteiger partial charge in [0.25, 0.3) is 0 Å². The molecule has 0 bridgehead atoms. The maximum Gasteiger partial charge on any atom is 0.381 e. The summed E-state index contributed by atoms with van der Waals surface area (Å²) in [6, 6.07) is 8.24. The molecule has 1 rings (SSSR count). The number of carbonyl (C=O) groups is 1. The number of rotatable bonds is 3. The molecule has 71 valence electrons. The van der Waals surface area contributed by atoms with Crippen molar-refractivity contribution in [3.8, 4) is 5.75 Å². The molecule has 0 saturated carbocycles. The summed E-state index contributed by atoms with van der Waals surface area (Å²) in [7, 11) is 0. The van der Waals surface area contributed by atoms with E-state index in [9.17, 15) is 4.79 Å². The average molecular weight is 244 g/mol. The number of benzene rings is 1. The number of halogens is 2. The first-order chi connectivity index (χ1) is 6.02. The summed E-state index contributed by atoms with van der Waals surface area (Å²) < 4.78 is 2.56. The zero-order valence-electron chi connectivity index (χ0n) is 7.41. The third kappa shape index (κ3) is 4.07. The third-order valence-corrected chi connectivity index (χ3v) is 1.72. The molecule has 0 aromatic heterocycles. The SMILES string of the molecule is O=C(O)C(Cl)(Cl)Oc1ccccc1.[Na]. The summed E-state index contributed by atoms with van der Waals surface area (Å²) in [6.45, 7) is 0. The minimum Gasteiger partial charge on any atom is -0.476 e. The first kappa shape index (κ1) is 14.1. The molecule has 0 aliphatic carbocycles.